The van der Waals surface area contributed by atoms with Gasteiger partial charge in [-0.15, -0.1) is 0 Å². The number of hydrogen-bond donors (Lipinski definition) is 0. The normalized spacial score (nSPS) is 17.6. The van der Waals surface area contributed by atoms with Crippen LogP contribution >= 0.6 is 0 Å². The van der Waals surface area contributed by atoms with Crippen molar-refractivity contribution in [1.29, 1.82) is 0 Å². The number of halogens is 1. The minimum absolute atomic E-state index is 0.253. The predicted octanol–water partition coefficient (Wildman–Crippen LogP) is 3.21. The number of benzene rings is 2. The predicted molar refractivity (Wildman–Crippen MR) is 86.8 cm³/mol. The van der Waals surface area contributed by atoms with Gasteiger partial charge in [-0.3, -0.25) is 4.90 Å². The van der Waals surface area contributed by atoms with Gasteiger partial charge >= 0.3 is 5.97 Å². The number of rotatable bonds is 3. The van der Waals surface area contributed by atoms with Gasteiger partial charge in [0.25, 0.3) is 0 Å². The van der Waals surface area contributed by atoms with Gasteiger partial charge in [-0.05, 0) is 48.7 Å². The molecule has 1 atom stereocenters. The van der Waals surface area contributed by atoms with Gasteiger partial charge in [0, 0.05) is 12.6 Å². The number of nitrogens with zero attached hydrogens (tertiary/aromatic N) is 1. The van der Waals surface area contributed by atoms with Crippen LogP contribution in [-0.4, -0.2) is 31.1 Å². The third kappa shape index (κ3) is 3.27. The molecule has 0 aliphatic carbocycles. The number of carbonyl (C=O) groups excluding carboxylic acids is 1. The summed E-state index contributed by atoms with van der Waals surface area (Å²) in [7, 11) is 3.35. The van der Waals surface area contributed by atoms with Crippen molar-refractivity contribution in [3.8, 4) is 0 Å². The largest absolute Gasteiger partial charge is 0.465 e. The fourth-order valence-electron chi connectivity index (χ4n) is 3.20. The maximum absolute atomic E-state index is 14.4. The Kier molecular flexibility index (Phi) is 4.44. The van der Waals surface area contributed by atoms with Crippen LogP contribution in [0.15, 0.2) is 42.5 Å². The summed E-state index contributed by atoms with van der Waals surface area (Å²) in [4.78, 5) is 13.9. The molecule has 0 bridgehead atoms. The summed E-state index contributed by atoms with van der Waals surface area (Å²) in [5, 5.41) is 0. The maximum Gasteiger partial charge on any atom is 0.337 e. The van der Waals surface area contributed by atoms with Crippen LogP contribution in [0, 0.1) is 5.82 Å². The van der Waals surface area contributed by atoms with Crippen molar-refractivity contribution in [2.45, 2.75) is 25.4 Å². The molecule has 3 rings (SSSR count). The van der Waals surface area contributed by atoms with E-state index in [1.54, 1.807) is 6.07 Å². The van der Waals surface area contributed by atoms with Crippen LogP contribution in [-0.2, 0) is 24.1 Å². The van der Waals surface area contributed by atoms with Gasteiger partial charge in [-0.2, -0.15) is 0 Å². The Balaban J connectivity index is 1.86. The van der Waals surface area contributed by atoms with Gasteiger partial charge in [0.1, 0.15) is 5.82 Å². The summed E-state index contributed by atoms with van der Waals surface area (Å²) in [6.07, 6.45) is 1.53. The van der Waals surface area contributed by atoms with E-state index >= 15 is 0 Å². The first-order chi connectivity index (χ1) is 11.1. The van der Waals surface area contributed by atoms with E-state index in [0.717, 1.165) is 17.5 Å². The molecule has 1 aliphatic rings. The number of methoxy groups -OCH3 is 1. The molecule has 0 saturated heterocycles. The standard InChI is InChI=1S/C19H20FNO2/c1-21-12-15-9-14(19(22)23-2)10-18(20)17(15)11-16(21)8-13-6-4-3-5-7-13/h3-7,9-10,16H,8,11-12H2,1-2H3. The second-order valence-corrected chi connectivity index (χ2v) is 6.05. The molecule has 0 aromatic heterocycles. The lowest BCUT2D eigenvalue weighted by Crippen LogP contribution is -2.39. The molecule has 4 heteroatoms. The molecule has 1 aliphatic heterocycles. The minimum Gasteiger partial charge on any atom is -0.465 e. The zero-order chi connectivity index (χ0) is 16.4. The van der Waals surface area contributed by atoms with E-state index in [4.69, 9.17) is 4.74 Å². The summed E-state index contributed by atoms with van der Waals surface area (Å²) in [6.45, 7) is 0.634. The number of hydrogen-bond acceptors (Lipinski definition) is 3. The first-order valence-electron chi connectivity index (χ1n) is 7.72. The summed E-state index contributed by atoms with van der Waals surface area (Å²) in [5.74, 6) is -0.810. The molecule has 1 heterocycles. The Bertz CT molecular complexity index is 715. The van der Waals surface area contributed by atoms with Gasteiger partial charge in [0.2, 0.25) is 0 Å². The van der Waals surface area contributed by atoms with Crippen molar-refractivity contribution < 1.29 is 13.9 Å². The van der Waals surface area contributed by atoms with Gasteiger partial charge in [0.05, 0.1) is 12.7 Å². The first kappa shape index (κ1) is 15.7. The minimum atomic E-state index is -0.499. The van der Waals surface area contributed by atoms with E-state index in [0.29, 0.717) is 13.0 Å². The molecular formula is C19H20FNO2. The lowest BCUT2D eigenvalue weighted by atomic mass is 9.89. The number of ether oxygens (including phenoxy) is 1. The van der Waals surface area contributed by atoms with Gasteiger partial charge in [0.15, 0.2) is 0 Å². The van der Waals surface area contributed by atoms with Crippen molar-refractivity contribution in [2.75, 3.05) is 14.2 Å². The average molecular weight is 313 g/mol. The van der Waals surface area contributed by atoms with Crippen LogP contribution in [0.2, 0.25) is 0 Å². The van der Waals surface area contributed by atoms with Crippen molar-refractivity contribution >= 4 is 5.97 Å². The Hall–Kier alpha value is -2.20. The van der Waals surface area contributed by atoms with Crippen LogP contribution in [0.25, 0.3) is 0 Å². The number of likely N-dealkylation sites (N-methyl/N-ethyl adjacent to an activating group) is 1. The maximum atomic E-state index is 14.4. The molecule has 0 N–H and O–H groups in total. The quantitative estimate of drug-likeness (QED) is 0.815. The summed E-state index contributed by atoms with van der Waals surface area (Å²) in [5.41, 5.74) is 3.12. The van der Waals surface area contributed by atoms with E-state index in [1.807, 2.05) is 25.2 Å². The summed E-state index contributed by atoms with van der Waals surface area (Å²) < 4.78 is 19.1. The number of carbonyl (C=O) groups is 1. The molecule has 0 saturated carbocycles. The Morgan fingerprint density at radius 1 is 1.30 bits per heavy atom. The third-order valence-corrected chi connectivity index (χ3v) is 4.51. The fraction of sp³-hybridized carbons (Fsp3) is 0.316. The Morgan fingerprint density at radius 3 is 2.74 bits per heavy atom. The topological polar surface area (TPSA) is 29.5 Å². The van der Waals surface area contributed by atoms with Crippen molar-refractivity contribution in [3.63, 3.8) is 0 Å². The average Bonchev–Trinajstić information content (AvgIpc) is 2.56. The first-order valence-corrected chi connectivity index (χ1v) is 7.72. The molecule has 0 amide bonds. The Labute approximate surface area is 135 Å². The van der Waals surface area contributed by atoms with Crippen molar-refractivity contribution in [2.24, 2.45) is 0 Å². The lowest BCUT2D eigenvalue weighted by Gasteiger charge is -2.34. The van der Waals surface area contributed by atoms with Gasteiger partial charge in [-0.1, -0.05) is 30.3 Å². The molecular weight excluding hydrogens is 293 g/mol. The second-order valence-electron chi connectivity index (χ2n) is 6.05. The highest BCUT2D eigenvalue weighted by Gasteiger charge is 2.27. The zero-order valence-corrected chi connectivity index (χ0v) is 13.4. The van der Waals surface area contributed by atoms with Crippen LogP contribution in [0.3, 0.4) is 0 Å². The fourth-order valence-corrected chi connectivity index (χ4v) is 3.20. The van der Waals surface area contributed by atoms with E-state index < -0.39 is 5.97 Å². The van der Waals surface area contributed by atoms with E-state index in [2.05, 4.69) is 17.0 Å². The molecule has 0 fully saturated rings. The molecule has 2 aromatic rings. The smallest absolute Gasteiger partial charge is 0.337 e. The molecule has 2 aromatic carbocycles. The highest BCUT2D eigenvalue weighted by atomic mass is 19.1. The van der Waals surface area contributed by atoms with Crippen molar-refractivity contribution in [3.05, 3.63) is 70.5 Å². The lowest BCUT2D eigenvalue weighted by molar-refractivity contribution is 0.0599. The van der Waals surface area contributed by atoms with Gasteiger partial charge < -0.3 is 4.74 Å². The zero-order valence-electron chi connectivity index (χ0n) is 13.4. The molecule has 1 unspecified atom stereocenters. The molecule has 120 valence electrons. The van der Waals surface area contributed by atoms with E-state index in [-0.39, 0.29) is 17.4 Å². The number of esters is 1. The highest BCUT2D eigenvalue weighted by molar-refractivity contribution is 5.89. The third-order valence-electron chi connectivity index (χ3n) is 4.51. The Morgan fingerprint density at radius 2 is 2.04 bits per heavy atom. The van der Waals surface area contributed by atoms with Crippen LogP contribution < -0.4 is 0 Å². The highest BCUT2D eigenvalue weighted by Crippen LogP contribution is 2.28. The van der Waals surface area contributed by atoms with Crippen LogP contribution in [0.4, 0.5) is 4.39 Å². The summed E-state index contributed by atoms with van der Waals surface area (Å²) >= 11 is 0. The van der Waals surface area contributed by atoms with Crippen LogP contribution in [0.1, 0.15) is 27.0 Å². The van der Waals surface area contributed by atoms with Crippen molar-refractivity contribution in [1.82, 2.24) is 4.90 Å². The molecule has 3 nitrogen and oxygen atoms in total. The van der Waals surface area contributed by atoms with E-state index in [9.17, 15) is 9.18 Å². The van der Waals surface area contributed by atoms with Crippen LogP contribution in [0.5, 0.6) is 0 Å². The van der Waals surface area contributed by atoms with E-state index in [1.165, 1.54) is 18.7 Å². The molecule has 0 radical (unpaired) electrons. The second kappa shape index (κ2) is 6.50. The van der Waals surface area contributed by atoms with Gasteiger partial charge in [-0.25, -0.2) is 9.18 Å². The summed E-state index contributed by atoms with van der Waals surface area (Å²) in [6, 6.07) is 13.5. The molecule has 23 heavy (non-hydrogen) atoms. The molecule has 0 spiro atoms. The SMILES string of the molecule is COC(=O)c1cc(F)c2c(c1)CN(C)C(Cc1ccccc1)C2. The number of fused-ring (bicyclic) bond motifs is 1. The monoisotopic (exact) mass is 313 g/mol.